The zero-order valence-corrected chi connectivity index (χ0v) is 15.3. The van der Waals surface area contributed by atoms with E-state index in [-0.39, 0.29) is 11.1 Å². The summed E-state index contributed by atoms with van der Waals surface area (Å²) < 4.78 is 0. The van der Waals surface area contributed by atoms with E-state index >= 15 is 0 Å². The molecule has 0 amide bonds. The number of hydrogen-bond donors (Lipinski definition) is 1. The summed E-state index contributed by atoms with van der Waals surface area (Å²) in [6.45, 7) is 9.93. The quantitative estimate of drug-likeness (QED) is 0.883. The van der Waals surface area contributed by atoms with Gasteiger partial charge in [-0.05, 0) is 51.7 Å². The molecule has 0 aliphatic carbocycles. The van der Waals surface area contributed by atoms with Crippen LogP contribution in [0.25, 0.3) is 0 Å². The van der Waals surface area contributed by atoms with Crippen LogP contribution in [-0.4, -0.2) is 21.1 Å². The molecule has 2 aromatic rings. The number of piperidine rings is 1. The second-order valence-corrected chi connectivity index (χ2v) is 8.45. The van der Waals surface area contributed by atoms with Gasteiger partial charge in [0.1, 0.15) is 0 Å². The molecule has 0 bridgehead atoms. The van der Waals surface area contributed by atoms with Crippen molar-refractivity contribution in [3.8, 4) is 0 Å². The predicted molar refractivity (Wildman–Crippen MR) is 99.7 cm³/mol. The number of likely N-dealkylation sites (tertiary alicyclic amines) is 1. The van der Waals surface area contributed by atoms with Crippen molar-refractivity contribution < 1.29 is 5.11 Å². The molecular formula is C22H29NO. The average molecular weight is 323 g/mol. The Balaban J connectivity index is 1.92. The van der Waals surface area contributed by atoms with E-state index in [0.29, 0.717) is 0 Å². The number of aliphatic hydroxyl groups is 1. The molecule has 0 spiro atoms. The van der Waals surface area contributed by atoms with Crippen LogP contribution in [0.3, 0.4) is 0 Å². The first-order chi connectivity index (χ1) is 11.2. The Hall–Kier alpha value is -1.64. The molecule has 3 rings (SSSR count). The molecule has 1 saturated heterocycles. The van der Waals surface area contributed by atoms with E-state index in [1.165, 1.54) is 5.56 Å². The Bertz CT molecular complexity index is 658. The fraction of sp³-hybridized carbons (Fsp3) is 0.455. The molecule has 1 aliphatic rings. The summed E-state index contributed by atoms with van der Waals surface area (Å²) in [5, 5.41) is 11.5. The van der Waals surface area contributed by atoms with Crippen molar-refractivity contribution in [3.63, 3.8) is 0 Å². The van der Waals surface area contributed by atoms with Crippen LogP contribution < -0.4 is 0 Å². The van der Waals surface area contributed by atoms with E-state index in [1.807, 2.05) is 18.2 Å². The van der Waals surface area contributed by atoms with Crippen molar-refractivity contribution in [1.29, 1.82) is 0 Å². The molecule has 1 N–H and O–H groups in total. The first-order valence-corrected chi connectivity index (χ1v) is 8.83. The van der Waals surface area contributed by atoms with Crippen LogP contribution in [0.15, 0.2) is 60.7 Å². The third-order valence-corrected chi connectivity index (χ3v) is 5.41. The minimum Gasteiger partial charge on any atom is -0.385 e. The summed E-state index contributed by atoms with van der Waals surface area (Å²) >= 11 is 0. The minimum absolute atomic E-state index is 0.0951. The van der Waals surface area contributed by atoms with Crippen molar-refractivity contribution in [2.24, 2.45) is 0 Å². The molecule has 2 nitrogen and oxygen atoms in total. The summed E-state index contributed by atoms with van der Waals surface area (Å²) in [5.41, 5.74) is 1.39. The molecule has 1 fully saturated rings. The van der Waals surface area contributed by atoms with Crippen LogP contribution in [0, 0.1) is 0 Å². The Kier molecular flexibility index (Phi) is 4.31. The minimum atomic E-state index is -0.776. The highest BCUT2D eigenvalue weighted by Gasteiger charge is 2.51. The largest absolute Gasteiger partial charge is 0.385 e. The van der Waals surface area contributed by atoms with Crippen LogP contribution >= 0.6 is 0 Å². The van der Waals surface area contributed by atoms with Gasteiger partial charge >= 0.3 is 0 Å². The van der Waals surface area contributed by atoms with Crippen LogP contribution in [0.5, 0.6) is 0 Å². The monoisotopic (exact) mass is 323 g/mol. The third-order valence-electron chi connectivity index (χ3n) is 5.41. The molecule has 2 aromatic carbocycles. The van der Waals surface area contributed by atoms with Crippen LogP contribution in [0.2, 0.25) is 0 Å². The maximum atomic E-state index is 11.5. The van der Waals surface area contributed by atoms with Crippen LogP contribution in [0.4, 0.5) is 0 Å². The maximum Gasteiger partial charge on any atom is 0.0931 e. The number of rotatable bonds is 3. The number of hydrogen-bond acceptors (Lipinski definition) is 2. The second kappa shape index (κ2) is 6.02. The van der Waals surface area contributed by atoms with Gasteiger partial charge in [-0.25, -0.2) is 0 Å². The van der Waals surface area contributed by atoms with Crippen molar-refractivity contribution in [2.75, 3.05) is 0 Å². The van der Waals surface area contributed by atoms with Gasteiger partial charge in [0.05, 0.1) is 5.60 Å². The molecule has 0 unspecified atom stereocenters. The zero-order valence-electron chi connectivity index (χ0n) is 15.3. The van der Waals surface area contributed by atoms with Gasteiger partial charge in [-0.3, -0.25) is 4.90 Å². The molecule has 0 atom stereocenters. The zero-order chi connectivity index (χ0) is 17.4. The first-order valence-electron chi connectivity index (χ1n) is 8.83. The topological polar surface area (TPSA) is 23.5 Å². The maximum absolute atomic E-state index is 11.5. The lowest BCUT2D eigenvalue weighted by Gasteiger charge is -2.58. The smallest absolute Gasteiger partial charge is 0.0931 e. The van der Waals surface area contributed by atoms with Gasteiger partial charge in [-0.15, -0.1) is 0 Å². The highest BCUT2D eigenvalue weighted by molar-refractivity contribution is 5.26. The Morgan fingerprint density at radius 1 is 0.792 bits per heavy atom. The lowest BCUT2D eigenvalue weighted by molar-refractivity contribution is -0.143. The summed E-state index contributed by atoms with van der Waals surface area (Å²) in [6.07, 6.45) is 1.47. The fourth-order valence-electron chi connectivity index (χ4n) is 4.65. The highest BCUT2D eigenvalue weighted by Crippen LogP contribution is 2.48. The van der Waals surface area contributed by atoms with Crippen LogP contribution in [0.1, 0.15) is 51.7 Å². The molecule has 2 heteroatoms. The van der Waals surface area contributed by atoms with E-state index in [9.17, 15) is 5.11 Å². The van der Waals surface area contributed by atoms with Crippen LogP contribution in [-0.2, 0) is 12.1 Å². The van der Waals surface area contributed by atoms with Gasteiger partial charge in [-0.1, -0.05) is 60.7 Å². The standard InChI is InChI=1S/C22H29NO/c1-20(2)16-22(24,19-13-9-6-10-14-19)17-21(3,4)23(20)15-18-11-7-5-8-12-18/h5-14,24H,15-17H2,1-4H3. The molecular weight excluding hydrogens is 294 g/mol. The molecule has 0 radical (unpaired) electrons. The number of nitrogens with zero attached hydrogens (tertiary/aromatic N) is 1. The molecule has 0 saturated carbocycles. The average Bonchev–Trinajstić information content (AvgIpc) is 2.52. The van der Waals surface area contributed by atoms with Crippen molar-refractivity contribution in [3.05, 3.63) is 71.8 Å². The van der Waals surface area contributed by atoms with Gasteiger partial charge in [0.2, 0.25) is 0 Å². The van der Waals surface area contributed by atoms with E-state index in [0.717, 1.165) is 24.9 Å². The molecule has 1 heterocycles. The fourth-order valence-corrected chi connectivity index (χ4v) is 4.65. The normalized spacial score (nSPS) is 22.2. The first kappa shape index (κ1) is 17.2. The lowest BCUT2D eigenvalue weighted by atomic mass is 9.68. The van der Waals surface area contributed by atoms with E-state index in [4.69, 9.17) is 0 Å². The van der Waals surface area contributed by atoms with E-state index in [1.54, 1.807) is 0 Å². The third kappa shape index (κ3) is 3.26. The Morgan fingerprint density at radius 3 is 1.75 bits per heavy atom. The van der Waals surface area contributed by atoms with Gasteiger partial charge < -0.3 is 5.11 Å². The molecule has 1 aliphatic heterocycles. The van der Waals surface area contributed by atoms with Gasteiger partial charge in [0.15, 0.2) is 0 Å². The van der Waals surface area contributed by atoms with Gasteiger partial charge in [0.25, 0.3) is 0 Å². The Labute approximate surface area is 146 Å². The van der Waals surface area contributed by atoms with Crippen molar-refractivity contribution in [1.82, 2.24) is 4.90 Å². The van der Waals surface area contributed by atoms with Crippen molar-refractivity contribution >= 4 is 0 Å². The number of benzene rings is 2. The summed E-state index contributed by atoms with van der Waals surface area (Å²) in [5.74, 6) is 0. The summed E-state index contributed by atoms with van der Waals surface area (Å²) in [4.78, 5) is 2.55. The lowest BCUT2D eigenvalue weighted by Crippen LogP contribution is -2.64. The Morgan fingerprint density at radius 2 is 1.25 bits per heavy atom. The van der Waals surface area contributed by atoms with Gasteiger partial charge in [0, 0.05) is 17.6 Å². The summed E-state index contributed by atoms with van der Waals surface area (Å²) in [6, 6.07) is 20.8. The summed E-state index contributed by atoms with van der Waals surface area (Å²) in [7, 11) is 0. The highest BCUT2D eigenvalue weighted by atomic mass is 16.3. The van der Waals surface area contributed by atoms with E-state index in [2.05, 4.69) is 75.1 Å². The molecule has 128 valence electrons. The second-order valence-electron chi connectivity index (χ2n) is 8.45. The molecule has 0 aromatic heterocycles. The van der Waals surface area contributed by atoms with Crippen molar-refractivity contribution in [2.45, 2.75) is 63.8 Å². The molecule has 24 heavy (non-hydrogen) atoms. The van der Waals surface area contributed by atoms with Gasteiger partial charge in [-0.2, -0.15) is 0 Å². The predicted octanol–water partition coefficient (Wildman–Crippen LogP) is 4.73. The van der Waals surface area contributed by atoms with E-state index < -0.39 is 5.60 Å². The SMILES string of the molecule is CC1(C)CC(O)(c2ccccc2)CC(C)(C)N1Cc1ccccc1.